The summed E-state index contributed by atoms with van der Waals surface area (Å²) in [5.41, 5.74) is 0. The number of hydrogen-bond donors (Lipinski definition) is 2. The van der Waals surface area contributed by atoms with E-state index in [1.165, 1.54) is 7.11 Å². The van der Waals surface area contributed by atoms with Crippen LogP contribution in [-0.4, -0.2) is 50.9 Å². The van der Waals surface area contributed by atoms with Gasteiger partial charge in [-0.1, -0.05) is 13.8 Å². The highest BCUT2D eigenvalue weighted by Gasteiger charge is 2.06. The first-order valence-electron chi connectivity index (χ1n) is 6.32. The molecule has 1 heterocycles. The Hall–Kier alpha value is -1.44. The molecule has 1 rings (SSSR count). The van der Waals surface area contributed by atoms with Gasteiger partial charge in [-0.05, 0) is 6.42 Å². The number of hydrogen-bond acceptors (Lipinski definition) is 7. The predicted molar refractivity (Wildman–Crippen MR) is 77.2 cm³/mol. The largest absolute Gasteiger partial charge is 0.467 e. The molecule has 7 nitrogen and oxygen atoms in total. The minimum Gasteiger partial charge on any atom is -0.467 e. The van der Waals surface area contributed by atoms with Gasteiger partial charge in [-0.3, -0.25) is 4.21 Å². The van der Waals surface area contributed by atoms with Gasteiger partial charge in [0.15, 0.2) is 0 Å². The van der Waals surface area contributed by atoms with Crippen molar-refractivity contribution in [3.63, 3.8) is 0 Å². The molecule has 1 aromatic rings. The van der Waals surface area contributed by atoms with E-state index in [2.05, 4.69) is 32.5 Å². The van der Waals surface area contributed by atoms with Gasteiger partial charge in [0.25, 0.3) is 0 Å². The van der Waals surface area contributed by atoms with Crippen LogP contribution in [0.3, 0.4) is 0 Å². The fraction of sp³-hybridized carbons (Fsp3) is 0.727. The normalized spacial score (nSPS) is 11.9. The molecule has 19 heavy (non-hydrogen) atoms. The second kappa shape index (κ2) is 8.63. The van der Waals surface area contributed by atoms with E-state index in [9.17, 15) is 4.21 Å². The van der Waals surface area contributed by atoms with Crippen LogP contribution in [0.5, 0.6) is 6.01 Å². The molecule has 0 aliphatic rings. The van der Waals surface area contributed by atoms with Crippen LogP contribution in [0, 0.1) is 0 Å². The SMILES string of the molecule is CCCNc1nc(NCCS(=O)CC)nc(OC)n1. The second-order valence-corrected chi connectivity index (χ2v) is 5.62. The van der Waals surface area contributed by atoms with Crippen molar-refractivity contribution in [3.8, 4) is 6.01 Å². The van der Waals surface area contributed by atoms with Gasteiger partial charge >= 0.3 is 6.01 Å². The third-order valence-corrected chi connectivity index (χ3v) is 3.57. The van der Waals surface area contributed by atoms with Gasteiger partial charge < -0.3 is 15.4 Å². The van der Waals surface area contributed by atoms with Gasteiger partial charge in [-0.15, -0.1) is 0 Å². The summed E-state index contributed by atoms with van der Waals surface area (Å²) in [5.74, 6) is 2.14. The van der Waals surface area contributed by atoms with Crippen molar-refractivity contribution in [3.05, 3.63) is 0 Å². The first-order valence-corrected chi connectivity index (χ1v) is 7.81. The molecule has 108 valence electrons. The summed E-state index contributed by atoms with van der Waals surface area (Å²) >= 11 is 0. The van der Waals surface area contributed by atoms with Crippen molar-refractivity contribution >= 4 is 22.7 Å². The van der Waals surface area contributed by atoms with E-state index in [1.54, 1.807) is 0 Å². The number of anilines is 2. The Labute approximate surface area is 116 Å². The third kappa shape index (κ3) is 5.82. The van der Waals surface area contributed by atoms with E-state index in [0.29, 0.717) is 29.9 Å². The number of nitrogens with one attached hydrogen (secondary N) is 2. The van der Waals surface area contributed by atoms with Gasteiger partial charge in [0, 0.05) is 35.4 Å². The lowest BCUT2D eigenvalue weighted by Gasteiger charge is -2.08. The summed E-state index contributed by atoms with van der Waals surface area (Å²) in [6.45, 7) is 5.30. The Bertz CT molecular complexity index is 416. The van der Waals surface area contributed by atoms with Gasteiger partial charge in [0.05, 0.1) is 7.11 Å². The molecule has 0 radical (unpaired) electrons. The molecular formula is C11H21N5O2S. The second-order valence-electron chi connectivity index (χ2n) is 3.76. The van der Waals surface area contributed by atoms with Crippen LogP contribution < -0.4 is 15.4 Å². The van der Waals surface area contributed by atoms with Crippen LogP contribution in [0.1, 0.15) is 20.3 Å². The standard InChI is InChI=1S/C11H21N5O2S/c1-4-6-12-9-14-10(16-11(15-9)18-3)13-7-8-19(17)5-2/h4-8H2,1-3H3,(H2,12,13,14,15,16). The van der Waals surface area contributed by atoms with Crippen molar-refractivity contribution in [1.29, 1.82) is 0 Å². The fourth-order valence-corrected chi connectivity index (χ4v) is 1.88. The summed E-state index contributed by atoms with van der Waals surface area (Å²) in [6.07, 6.45) is 0.978. The highest BCUT2D eigenvalue weighted by Crippen LogP contribution is 2.10. The maximum atomic E-state index is 11.3. The average Bonchev–Trinajstić information content (AvgIpc) is 2.44. The van der Waals surface area contributed by atoms with Crippen LogP contribution in [0.25, 0.3) is 0 Å². The molecular weight excluding hydrogens is 266 g/mol. The van der Waals surface area contributed by atoms with Crippen LogP contribution in [0.4, 0.5) is 11.9 Å². The maximum absolute atomic E-state index is 11.3. The van der Waals surface area contributed by atoms with E-state index < -0.39 is 10.8 Å². The molecule has 0 bridgehead atoms. The number of ether oxygens (including phenoxy) is 1. The van der Waals surface area contributed by atoms with Crippen LogP contribution in [-0.2, 0) is 10.8 Å². The minimum atomic E-state index is -0.799. The van der Waals surface area contributed by atoms with Gasteiger partial charge in [-0.2, -0.15) is 15.0 Å². The number of rotatable bonds is 9. The quantitative estimate of drug-likeness (QED) is 0.697. The van der Waals surface area contributed by atoms with Crippen LogP contribution >= 0.6 is 0 Å². The van der Waals surface area contributed by atoms with E-state index in [-0.39, 0.29) is 6.01 Å². The summed E-state index contributed by atoms with van der Waals surface area (Å²) in [5, 5.41) is 6.10. The summed E-state index contributed by atoms with van der Waals surface area (Å²) in [7, 11) is 0.710. The molecule has 1 atom stereocenters. The predicted octanol–water partition coefficient (Wildman–Crippen LogP) is 0.883. The molecule has 0 saturated carbocycles. The van der Waals surface area contributed by atoms with E-state index in [1.807, 2.05) is 6.92 Å². The first-order chi connectivity index (χ1) is 9.19. The molecule has 8 heteroatoms. The molecule has 0 aliphatic carbocycles. The average molecular weight is 287 g/mol. The fourth-order valence-electron chi connectivity index (χ4n) is 1.26. The zero-order valence-corrected chi connectivity index (χ0v) is 12.4. The molecule has 1 unspecified atom stereocenters. The Morgan fingerprint density at radius 1 is 1.11 bits per heavy atom. The molecule has 0 saturated heterocycles. The van der Waals surface area contributed by atoms with Gasteiger partial charge in [0.2, 0.25) is 11.9 Å². The molecule has 0 amide bonds. The zero-order chi connectivity index (χ0) is 14.1. The monoisotopic (exact) mass is 287 g/mol. The van der Waals surface area contributed by atoms with Crippen molar-refractivity contribution in [2.24, 2.45) is 0 Å². The Kier molecular flexibility index (Phi) is 7.09. The summed E-state index contributed by atoms with van der Waals surface area (Å²) < 4.78 is 16.3. The number of methoxy groups -OCH3 is 1. The molecule has 0 aromatic carbocycles. The van der Waals surface area contributed by atoms with E-state index >= 15 is 0 Å². The first kappa shape index (κ1) is 15.6. The van der Waals surface area contributed by atoms with E-state index in [0.717, 1.165) is 13.0 Å². The molecule has 0 spiro atoms. The topological polar surface area (TPSA) is 89.0 Å². The lowest BCUT2D eigenvalue weighted by atomic mass is 10.5. The molecule has 0 fully saturated rings. The van der Waals surface area contributed by atoms with Crippen molar-refractivity contribution < 1.29 is 8.95 Å². The smallest absolute Gasteiger partial charge is 0.322 e. The van der Waals surface area contributed by atoms with Crippen molar-refractivity contribution in [2.45, 2.75) is 20.3 Å². The van der Waals surface area contributed by atoms with Crippen molar-refractivity contribution in [1.82, 2.24) is 15.0 Å². The lowest BCUT2D eigenvalue weighted by Crippen LogP contribution is -2.15. The molecule has 2 N–H and O–H groups in total. The third-order valence-electron chi connectivity index (χ3n) is 2.27. The maximum Gasteiger partial charge on any atom is 0.322 e. The Balaban J connectivity index is 2.62. The Morgan fingerprint density at radius 2 is 1.74 bits per heavy atom. The highest BCUT2D eigenvalue weighted by atomic mass is 32.2. The molecule has 0 aliphatic heterocycles. The lowest BCUT2D eigenvalue weighted by molar-refractivity contribution is 0.379. The van der Waals surface area contributed by atoms with Crippen LogP contribution in [0.2, 0.25) is 0 Å². The summed E-state index contributed by atoms with van der Waals surface area (Å²) in [6, 6.07) is 0.257. The van der Waals surface area contributed by atoms with Gasteiger partial charge in [0.1, 0.15) is 0 Å². The minimum absolute atomic E-state index is 0.257. The van der Waals surface area contributed by atoms with Gasteiger partial charge in [-0.25, -0.2) is 0 Å². The van der Waals surface area contributed by atoms with E-state index in [4.69, 9.17) is 4.74 Å². The van der Waals surface area contributed by atoms with Crippen molar-refractivity contribution in [2.75, 3.05) is 42.3 Å². The summed E-state index contributed by atoms with van der Waals surface area (Å²) in [4.78, 5) is 12.4. The number of nitrogens with zero attached hydrogens (tertiary/aromatic N) is 3. The Morgan fingerprint density at radius 3 is 2.26 bits per heavy atom. The highest BCUT2D eigenvalue weighted by molar-refractivity contribution is 7.84. The zero-order valence-electron chi connectivity index (χ0n) is 11.6. The molecule has 1 aromatic heterocycles. The number of aromatic nitrogens is 3. The van der Waals surface area contributed by atoms with Crippen LogP contribution in [0.15, 0.2) is 0 Å².